The Labute approximate surface area is 141 Å². The van der Waals surface area contributed by atoms with Crippen molar-refractivity contribution < 1.29 is 9.47 Å². The number of aromatic nitrogens is 2. The normalized spacial score (nSPS) is 16.1. The van der Waals surface area contributed by atoms with Crippen LogP contribution in [-0.4, -0.2) is 23.2 Å². The summed E-state index contributed by atoms with van der Waals surface area (Å²) < 4.78 is 11.5. The predicted molar refractivity (Wildman–Crippen MR) is 95.0 cm³/mol. The molecule has 0 bridgehead atoms. The van der Waals surface area contributed by atoms with Crippen LogP contribution >= 0.6 is 0 Å². The van der Waals surface area contributed by atoms with Crippen LogP contribution in [0.25, 0.3) is 5.57 Å². The van der Waals surface area contributed by atoms with Gasteiger partial charge >= 0.3 is 0 Å². The largest absolute Gasteiger partial charge is 0.493 e. The van der Waals surface area contributed by atoms with Gasteiger partial charge in [-0.05, 0) is 42.7 Å². The minimum absolute atomic E-state index is 0.0355. The average molecular weight is 326 g/mol. The maximum Gasteiger partial charge on any atom is 0.221 e. The number of ether oxygens (including phenoxy) is 2. The van der Waals surface area contributed by atoms with Crippen LogP contribution in [0.5, 0.6) is 11.5 Å². The van der Waals surface area contributed by atoms with Gasteiger partial charge in [0, 0.05) is 23.7 Å². The first-order valence-corrected chi connectivity index (χ1v) is 7.97. The Bertz CT molecular complexity index is 802. The number of nitrogen functional groups attached to an aromatic ring is 2. The van der Waals surface area contributed by atoms with E-state index in [1.807, 2.05) is 13.0 Å². The molecule has 0 spiro atoms. The molecule has 4 N–H and O–H groups in total. The molecule has 0 fully saturated rings. The minimum atomic E-state index is 0.0355. The second-order valence-corrected chi connectivity index (χ2v) is 5.86. The summed E-state index contributed by atoms with van der Waals surface area (Å²) in [6, 6.07) is 4.09. The Hall–Kier alpha value is -2.76. The molecule has 3 rings (SSSR count). The van der Waals surface area contributed by atoms with Crippen molar-refractivity contribution in [3.05, 3.63) is 41.1 Å². The summed E-state index contributed by atoms with van der Waals surface area (Å²) in [5, 5.41) is 0. The standard InChI is InChI=1S/C18H22N4O2/c1-4-12-5-10(2)24-16-14(12)7-11(8-15(16)23-3)6-13-9-21-18(20)22-17(13)19/h5,7-10H,4,6H2,1-3H3,(H4,19,20,21,22). The van der Waals surface area contributed by atoms with E-state index < -0.39 is 0 Å². The number of benzene rings is 1. The van der Waals surface area contributed by atoms with Crippen LogP contribution in [0.15, 0.2) is 24.4 Å². The van der Waals surface area contributed by atoms with Crippen LogP contribution in [0.1, 0.15) is 37.0 Å². The number of hydrogen-bond donors (Lipinski definition) is 2. The Morgan fingerprint density at radius 1 is 1.29 bits per heavy atom. The molecule has 0 saturated carbocycles. The Morgan fingerprint density at radius 3 is 2.75 bits per heavy atom. The van der Waals surface area contributed by atoms with Gasteiger partial charge in [-0.1, -0.05) is 6.92 Å². The van der Waals surface area contributed by atoms with E-state index in [2.05, 4.69) is 29.0 Å². The van der Waals surface area contributed by atoms with Crippen molar-refractivity contribution in [3.63, 3.8) is 0 Å². The lowest BCUT2D eigenvalue weighted by atomic mass is 9.94. The molecule has 1 aromatic heterocycles. The molecular formula is C18H22N4O2. The quantitative estimate of drug-likeness (QED) is 0.897. The highest BCUT2D eigenvalue weighted by Gasteiger charge is 2.22. The number of nitrogens with two attached hydrogens (primary N) is 2. The molecule has 126 valence electrons. The number of allylic oxidation sites excluding steroid dienone is 1. The van der Waals surface area contributed by atoms with Gasteiger partial charge in [0.1, 0.15) is 11.9 Å². The highest BCUT2D eigenvalue weighted by molar-refractivity contribution is 5.76. The number of methoxy groups -OCH3 is 1. The molecule has 2 aromatic rings. The lowest BCUT2D eigenvalue weighted by molar-refractivity contribution is 0.249. The summed E-state index contributed by atoms with van der Waals surface area (Å²) in [6.45, 7) is 4.16. The Kier molecular flexibility index (Phi) is 4.29. The predicted octanol–water partition coefficient (Wildman–Crippen LogP) is 2.81. The van der Waals surface area contributed by atoms with Crippen LogP contribution in [0.3, 0.4) is 0 Å². The molecule has 24 heavy (non-hydrogen) atoms. The fraction of sp³-hybridized carbons (Fsp3) is 0.333. The number of nitrogens with zero attached hydrogens (tertiary/aromatic N) is 2. The van der Waals surface area contributed by atoms with Gasteiger partial charge in [0.05, 0.1) is 7.11 Å². The van der Waals surface area contributed by atoms with Crippen molar-refractivity contribution >= 4 is 17.3 Å². The van der Waals surface area contributed by atoms with Gasteiger partial charge in [-0.2, -0.15) is 4.98 Å². The molecule has 0 aliphatic carbocycles. The smallest absolute Gasteiger partial charge is 0.221 e. The topological polar surface area (TPSA) is 96.3 Å². The van der Waals surface area contributed by atoms with E-state index in [1.54, 1.807) is 13.3 Å². The van der Waals surface area contributed by atoms with Gasteiger partial charge in [-0.3, -0.25) is 0 Å². The number of fused-ring (bicyclic) bond motifs is 1. The average Bonchev–Trinajstić information content (AvgIpc) is 2.56. The summed E-state index contributed by atoms with van der Waals surface area (Å²) in [5.74, 6) is 2.10. The van der Waals surface area contributed by atoms with E-state index in [0.717, 1.165) is 34.6 Å². The summed E-state index contributed by atoms with van der Waals surface area (Å²) in [7, 11) is 1.65. The SMILES string of the molecule is CCC1=CC(C)Oc2c(OC)cc(Cc3cnc(N)nc3N)cc21. The number of rotatable bonds is 4. The summed E-state index contributed by atoms with van der Waals surface area (Å²) >= 11 is 0. The van der Waals surface area contributed by atoms with Crippen molar-refractivity contribution in [2.45, 2.75) is 32.8 Å². The molecule has 1 aliphatic heterocycles. The number of hydrogen-bond acceptors (Lipinski definition) is 6. The summed E-state index contributed by atoms with van der Waals surface area (Å²) in [5.41, 5.74) is 15.7. The van der Waals surface area contributed by atoms with E-state index >= 15 is 0 Å². The monoisotopic (exact) mass is 326 g/mol. The van der Waals surface area contributed by atoms with Crippen molar-refractivity contribution in [3.8, 4) is 11.5 Å². The molecule has 0 saturated heterocycles. The molecule has 1 atom stereocenters. The van der Waals surface area contributed by atoms with Crippen molar-refractivity contribution in [1.29, 1.82) is 0 Å². The maximum absolute atomic E-state index is 5.96. The zero-order valence-electron chi connectivity index (χ0n) is 14.2. The van der Waals surface area contributed by atoms with E-state index in [9.17, 15) is 0 Å². The lowest BCUT2D eigenvalue weighted by Crippen LogP contribution is -2.16. The van der Waals surface area contributed by atoms with E-state index in [-0.39, 0.29) is 12.1 Å². The molecule has 6 nitrogen and oxygen atoms in total. The highest BCUT2D eigenvalue weighted by Crippen LogP contribution is 2.42. The molecule has 0 amide bonds. The van der Waals surface area contributed by atoms with Crippen molar-refractivity contribution in [1.82, 2.24) is 9.97 Å². The van der Waals surface area contributed by atoms with Crippen LogP contribution < -0.4 is 20.9 Å². The third-order valence-electron chi connectivity index (χ3n) is 4.11. The first-order valence-electron chi connectivity index (χ1n) is 7.97. The molecule has 1 aliphatic rings. The first kappa shape index (κ1) is 16.1. The molecule has 0 radical (unpaired) electrons. The van der Waals surface area contributed by atoms with Crippen LogP contribution in [0, 0.1) is 0 Å². The first-order chi connectivity index (χ1) is 11.5. The van der Waals surface area contributed by atoms with Crippen LogP contribution in [-0.2, 0) is 6.42 Å². The lowest BCUT2D eigenvalue weighted by Gasteiger charge is -2.25. The van der Waals surface area contributed by atoms with E-state index in [0.29, 0.717) is 12.2 Å². The summed E-state index contributed by atoms with van der Waals surface area (Å²) in [4.78, 5) is 8.04. The number of anilines is 2. The van der Waals surface area contributed by atoms with Crippen molar-refractivity contribution in [2.75, 3.05) is 18.6 Å². The van der Waals surface area contributed by atoms with Gasteiger partial charge in [0.2, 0.25) is 5.95 Å². The highest BCUT2D eigenvalue weighted by atomic mass is 16.5. The maximum atomic E-state index is 5.96. The second kappa shape index (κ2) is 6.39. The van der Waals surface area contributed by atoms with Gasteiger partial charge in [-0.15, -0.1) is 0 Å². The van der Waals surface area contributed by atoms with Gasteiger partial charge in [0.25, 0.3) is 0 Å². The van der Waals surface area contributed by atoms with Gasteiger partial charge in [0.15, 0.2) is 11.5 Å². The molecule has 1 aromatic carbocycles. The van der Waals surface area contributed by atoms with E-state index in [1.165, 1.54) is 5.57 Å². The molecule has 2 heterocycles. The second-order valence-electron chi connectivity index (χ2n) is 5.86. The zero-order valence-corrected chi connectivity index (χ0v) is 14.2. The fourth-order valence-electron chi connectivity index (χ4n) is 2.96. The third kappa shape index (κ3) is 2.99. The fourth-order valence-corrected chi connectivity index (χ4v) is 2.96. The van der Waals surface area contributed by atoms with Gasteiger partial charge < -0.3 is 20.9 Å². The van der Waals surface area contributed by atoms with E-state index in [4.69, 9.17) is 20.9 Å². The Morgan fingerprint density at radius 2 is 2.08 bits per heavy atom. The van der Waals surface area contributed by atoms with Crippen LogP contribution in [0.4, 0.5) is 11.8 Å². The third-order valence-corrected chi connectivity index (χ3v) is 4.11. The molecular weight excluding hydrogens is 304 g/mol. The molecule has 1 unspecified atom stereocenters. The summed E-state index contributed by atoms with van der Waals surface area (Å²) in [6.07, 6.45) is 5.38. The van der Waals surface area contributed by atoms with Gasteiger partial charge in [-0.25, -0.2) is 4.98 Å². The zero-order chi connectivity index (χ0) is 17.3. The van der Waals surface area contributed by atoms with Crippen molar-refractivity contribution in [2.24, 2.45) is 0 Å². The Balaban J connectivity index is 2.04. The van der Waals surface area contributed by atoms with Crippen LogP contribution in [0.2, 0.25) is 0 Å². The molecule has 6 heteroatoms. The minimum Gasteiger partial charge on any atom is -0.493 e.